The van der Waals surface area contributed by atoms with E-state index in [9.17, 15) is 9.59 Å². The van der Waals surface area contributed by atoms with Crippen molar-refractivity contribution >= 4 is 5.97 Å². The van der Waals surface area contributed by atoms with Gasteiger partial charge in [0.05, 0.1) is 0 Å². The summed E-state index contributed by atoms with van der Waals surface area (Å²) in [6.45, 7) is 4.08. The zero-order valence-electron chi connectivity index (χ0n) is 9.63. The maximum atomic E-state index is 11.4. The van der Waals surface area contributed by atoms with Gasteiger partial charge in [-0.3, -0.25) is 4.79 Å². The highest BCUT2D eigenvalue weighted by atomic mass is 16.4. The Kier molecular flexibility index (Phi) is 5.13. The average molecular weight is 236 g/mol. The van der Waals surface area contributed by atoms with Gasteiger partial charge in [0, 0.05) is 12.6 Å². The van der Waals surface area contributed by atoms with Crippen molar-refractivity contribution in [3.05, 3.63) is 40.8 Å². The Bertz CT molecular complexity index is 451. The Balaban J connectivity index is 2.57. The van der Waals surface area contributed by atoms with E-state index in [-0.39, 0.29) is 11.3 Å². The first kappa shape index (κ1) is 13.2. The van der Waals surface area contributed by atoms with Gasteiger partial charge in [-0.1, -0.05) is 12.5 Å². The minimum absolute atomic E-state index is 0.101. The predicted octanol–water partition coefficient (Wildman–Crippen LogP) is 1.69. The number of hydrogen-bond donors (Lipinski definition) is 1. The van der Waals surface area contributed by atoms with Crippen molar-refractivity contribution in [1.29, 1.82) is 0 Å². The highest BCUT2D eigenvalue weighted by Crippen LogP contribution is 2.01. The van der Waals surface area contributed by atoms with Crippen LogP contribution in [0, 0.1) is 0 Å². The van der Waals surface area contributed by atoms with Crippen LogP contribution in [0.5, 0.6) is 0 Å². The highest BCUT2D eigenvalue weighted by Gasteiger charge is 2.06. The zero-order valence-corrected chi connectivity index (χ0v) is 9.63. The molecule has 0 aliphatic carbocycles. The Morgan fingerprint density at radius 2 is 2.18 bits per heavy atom. The molecular formula is C12H16N2O3. The van der Waals surface area contributed by atoms with Crippen molar-refractivity contribution in [3.8, 4) is 0 Å². The zero-order chi connectivity index (χ0) is 12.7. The molecule has 1 rings (SSSR count). The smallest absolute Gasteiger partial charge is 0.356 e. The van der Waals surface area contributed by atoms with Crippen LogP contribution in [0.15, 0.2) is 29.6 Å². The van der Waals surface area contributed by atoms with E-state index in [1.54, 1.807) is 0 Å². The summed E-state index contributed by atoms with van der Waals surface area (Å²) in [7, 11) is 0. The van der Waals surface area contributed by atoms with Crippen LogP contribution in [0.1, 0.15) is 36.2 Å². The summed E-state index contributed by atoms with van der Waals surface area (Å²) < 4.78 is 1.21. The van der Waals surface area contributed by atoms with Crippen LogP contribution < -0.4 is 5.56 Å². The molecule has 0 amide bonds. The number of aromatic carboxylic acids is 1. The number of carboxylic acids is 1. The Hall–Kier alpha value is -1.91. The molecule has 0 unspecified atom stereocenters. The van der Waals surface area contributed by atoms with E-state index in [0.717, 1.165) is 25.7 Å². The van der Waals surface area contributed by atoms with E-state index in [1.165, 1.54) is 16.8 Å². The molecule has 0 saturated heterocycles. The van der Waals surface area contributed by atoms with Crippen LogP contribution >= 0.6 is 0 Å². The van der Waals surface area contributed by atoms with Crippen molar-refractivity contribution in [2.24, 2.45) is 0 Å². The number of aromatic nitrogens is 2. The standard InChI is InChI=1S/C12H16N2O3/c1-2-3-4-5-6-9-14-11(15)8-7-10(13-14)12(16)17/h2,7-8H,1,3-6,9H2,(H,16,17). The molecule has 1 aromatic heterocycles. The van der Waals surface area contributed by atoms with E-state index in [1.807, 2.05) is 6.08 Å². The van der Waals surface area contributed by atoms with Crippen molar-refractivity contribution < 1.29 is 9.90 Å². The molecule has 0 atom stereocenters. The third-order valence-corrected chi connectivity index (χ3v) is 2.36. The minimum Gasteiger partial charge on any atom is -0.476 e. The fourth-order valence-electron chi connectivity index (χ4n) is 1.45. The van der Waals surface area contributed by atoms with Gasteiger partial charge in [-0.2, -0.15) is 5.10 Å². The molecule has 0 bridgehead atoms. The molecule has 0 aliphatic heterocycles. The van der Waals surface area contributed by atoms with Crippen LogP contribution in [0.2, 0.25) is 0 Å². The van der Waals surface area contributed by atoms with Crippen molar-refractivity contribution in [2.45, 2.75) is 32.2 Å². The third kappa shape index (κ3) is 4.22. The summed E-state index contributed by atoms with van der Waals surface area (Å²) in [4.78, 5) is 22.1. The highest BCUT2D eigenvalue weighted by molar-refractivity contribution is 5.84. The number of rotatable bonds is 7. The molecule has 0 aliphatic rings. The SMILES string of the molecule is C=CCCCCCn1nc(C(=O)O)ccc1=O. The molecule has 1 N–H and O–H groups in total. The van der Waals surface area contributed by atoms with Crippen LogP contribution in [-0.4, -0.2) is 20.9 Å². The van der Waals surface area contributed by atoms with E-state index in [0.29, 0.717) is 6.54 Å². The summed E-state index contributed by atoms with van der Waals surface area (Å²) in [5.74, 6) is -1.12. The minimum atomic E-state index is -1.12. The lowest BCUT2D eigenvalue weighted by Gasteiger charge is -2.04. The van der Waals surface area contributed by atoms with E-state index >= 15 is 0 Å². The number of carboxylic acid groups (broad SMARTS) is 1. The van der Waals surface area contributed by atoms with Gasteiger partial charge in [-0.25, -0.2) is 9.48 Å². The monoisotopic (exact) mass is 236 g/mol. The normalized spacial score (nSPS) is 10.1. The molecule has 17 heavy (non-hydrogen) atoms. The van der Waals surface area contributed by atoms with Crippen molar-refractivity contribution in [1.82, 2.24) is 9.78 Å². The first-order valence-corrected chi connectivity index (χ1v) is 5.57. The van der Waals surface area contributed by atoms with Crippen LogP contribution in [-0.2, 0) is 6.54 Å². The molecule has 5 heteroatoms. The van der Waals surface area contributed by atoms with Gasteiger partial charge >= 0.3 is 5.97 Å². The summed E-state index contributed by atoms with van der Waals surface area (Å²) >= 11 is 0. The fraction of sp³-hybridized carbons (Fsp3) is 0.417. The number of hydrogen-bond acceptors (Lipinski definition) is 3. The number of allylic oxidation sites excluding steroid dienone is 1. The number of unbranched alkanes of at least 4 members (excludes halogenated alkanes) is 3. The largest absolute Gasteiger partial charge is 0.476 e. The van der Waals surface area contributed by atoms with Gasteiger partial charge in [-0.05, 0) is 25.3 Å². The van der Waals surface area contributed by atoms with Gasteiger partial charge in [-0.15, -0.1) is 6.58 Å². The van der Waals surface area contributed by atoms with E-state index in [4.69, 9.17) is 5.11 Å². The second kappa shape index (κ2) is 6.62. The van der Waals surface area contributed by atoms with Gasteiger partial charge in [0.25, 0.3) is 5.56 Å². The second-order valence-corrected chi connectivity index (χ2v) is 3.72. The lowest BCUT2D eigenvalue weighted by atomic mass is 10.2. The van der Waals surface area contributed by atoms with Crippen molar-refractivity contribution in [2.75, 3.05) is 0 Å². The van der Waals surface area contributed by atoms with Gasteiger partial charge < -0.3 is 5.11 Å². The number of aryl methyl sites for hydroxylation is 1. The lowest BCUT2D eigenvalue weighted by Crippen LogP contribution is -2.24. The molecule has 1 heterocycles. The van der Waals surface area contributed by atoms with Crippen LogP contribution in [0.3, 0.4) is 0 Å². The van der Waals surface area contributed by atoms with E-state index in [2.05, 4.69) is 11.7 Å². The van der Waals surface area contributed by atoms with Gasteiger partial charge in [0.2, 0.25) is 0 Å². The molecule has 1 aromatic rings. The molecule has 0 spiro atoms. The molecular weight excluding hydrogens is 220 g/mol. The first-order valence-electron chi connectivity index (χ1n) is 5.57. The molecule has 0 aromatic carbocycles. The number of nitrogens with zero attached hydrogens (tertiary/aromatic N) is 2. The van der Waals surface area contributed by atoms with Gasteiger partial charge in [0.15, 0.2) is 5.69 Å². The third-order valence-electron chi connectivity index (χ3n) is 2.36. The Labute approximate surface area is 99.4 Å². The molecule has 5 nitrogen and oxygen atoms in total. The topological polar surface area (TPSA) is 72.2 Å². The Morgan fingerprint density at radius 3 is 2.82 bits per heavy atom. The molecule has 0 saturated carbocycles. The lowest BCUT2D eigenvalue weighted by molar-refractivity contribution is 0.0687. The first-order chi connectivity index (χ1) is 8.15. The van der Waals surface area contributed by atoms with Crippen LogP contribution in [0.4, 0.5) is 0 Å². The fourth-order valence-corrected chi connectivity index (χ4v) is 1.45. The summed E-state index contributed by atoms with van der Waals surface area (Å²) in [5.41, 5.74) is -0.366. The maximum Gasteiger partial charge on any atom is 0.356 e. The van der Waals surface area contributed by atoms with Crippen molar-refractivity contribution in [3.63, 3.8) is 0 Å². The second-order valence-electron chi connectivity index (χ2n) is 3.72. The molecule has 0 fully saturated rings. The summed E-state index contributed by atoms with van der Waals surface area (Å²) in [5, 5.41) is 12.5. The molecule has 92 valence electrons. The number of carbonyl (C=O) groups is 1. The van der Waals surface area contributed by atoms with E-state index < -0.39 is 5.97 Å². The molecule has 0 radical (unpaired) electrons. The summed E-state index contributed by atoms with van der Waals surface area (Å²) in [6.07, 6.45) is 5.62. The summed E-state index contributed by atoms with van der Waals surface area (Å²) in [6, 6.07) is 2.46. The quantitative estimate of drug-likeness (QED) is 0.577. The predicted molar refractivity (Wildman–Crippen MR) is 64.1 cm³/mol. The van der Waals surface area contributed by atoms with Crippen LogP contribution in [0.25, 0.3) is 0 Å². The Morgan fingerprint density at radius 1 is 1.41 bits per heavy atom. The van der Waals surface area contributed by atoms with Gasteiger partial charge in [0.1, 0.15) is 0 Å². The average Bonchev–Trinajstić information content (AvgIpc) is 2.30. The maximum absolute atomic E-state index is 11.4.